The summed E-state index contributed by atoms with van der Waals surface area (Å²) >= 11 is 0. The third kappa shape index (κ3) is 4.61. The van der Waals surface area contributed by atoms with E-state index in [1.54, 1.807) is 0 Å². The Morgan fingerprint density at radius 3 is 2.31 bits per heavy atom. The van der Waals surface area contributed by atoms with Gasteiger partial charge in [0.1, 0.15) is 6.04 Å². The van der Waals surface area contributed by atoms with E-state index in [2.05, 4.69) is 5.32 Å². The molecule has 0 saturated heterocycles. The fourth-order valence-electron chi connectivity index (χ4n) is 2.12. The first-order chi connectivity index (χ1) is 7.59. The first-order valence-corrected chi connectivity index (χ1v) is 5.77. The lowest BCUT2D eigenvalue weighted by Crippen LogP contribution is -2.41. The summed E-state index contributed by atoms with van der Waals surface area (Å²) in [6.07, 6.45) is 5.53. The van der Waals surface area contributed by atoms with Crippen molar-refractivity contribution in [2.75, 3.05) is 6.54 Å². The van der Waals surface area contributed by atoms with Crippen molar-refractivity contribution in [2.45, 2.75) is 44.6 Å². The van der Waals surface area contributed by atoms with Gasteiger partial charge in [0.25, 0.3) is 0 Å². The van der Waals surface area contributed by atoms with E-state index in [1.807, 2.05) is 0 Å². The van der Waals surface area contributed by atoms with Gasteiger partial charge in [0.2, 0.25) is 0 Å². The maximum absolute atomic E-state index is 10.8. The van der Waals surface area contributed by atoms with Gasteiger partial charge >= 0.3 is 11.9 Å². The van der Waals surface area contributed by atoms with Crippen molar-refractivity contribution in [1.82, 2.24) is 5.32 Å². The number of hydrogen-bond donors (Lipinski definition) is 3. The third-order valence-corrected chi connectivity index (χ3v) is 3.05. The van der Waals surface area contributed by atoms with Gasteiger partial charge in [-0.15, -0.1) is 0 Å². The Labute approximate surface area is 94.8 Å². The quantitative estimate of drug-likeness (QED) is 0.634. The van der Waals surface area contributed by atoms with Crippen LogP contribution in [0.4, 0.5) is 0 Å². The number of rotatable bonds is 6. The van der Waals surface area contributed by atoms with Gasteiger partial charge < -0.3 is 15.5 Å². The highest BCUT2D eigenvalue weighted by atomic mass is 16.4. The molecule has 92 valence electrons. The van der Waals surface area contributed by atoms with E-state index in [0.717, 1.165) is 12.8 Å². The molecule has 0 aromatic heterocycles. The van der Waals surface area contributed by atoms with Crippen molar-refractivity contribution in [3.63, 3.8) is 0 Å². The monoisotopic (exact) mass is 229 g/mol. The molecule has 0 aromatic rings. The predicted octanol–water partition coefficient (Wildman–Crippen LogP) is 1.08. The Bertz CT molecular complexity index is 248. The highest BCUT2D eigenvalue weighted by Crippen LogP contribution is 2.22. The molecule has 0 spiro atoms. The summed E-state index contributed by atoms with van der Waals surface area (Å²) in [6.45, 7) is 0.615. The number of carbonyl (C=O) groups is 2. The van der Waals surface area contributed by atoms with E-state index in [0.29, 0.717) is 12.5 Å². The highest BCUT2D eigenvalue weighted by Gasteiger charge is 2.22. The molecule has 3 N–H and O–H groups in total. The molecule has 5 nitrogen and oxygen atoms in total. The Kier molecular flexibility index (Phi) is 5.25. The average molecular weight is 229 g/mol. The number of hydrogen-bond acceptors (Lipinski definition) is 3. The first kappa shape index (κ1) is 13.0. The Morgan fingerprint density at radius 2 is 1.81 bits per heavy atom. The molecule has 1 aliphatic rings. The van der Waals surface area contributed by atoms with Crippen LogP contribution in [-0.4, -0.2) is 34.7 Å². The Hall–Kier alpha value is -1.10. The summed E-state index contributed by atoms with van der Waals surface area (Å²) in [6, 6.07) is -0.959. The van der Waals surface area contributed by atoms with Gasteiger partial charge in [-0.2, -0.15) is 0 Å². The molecule has 0 amide bonds. The molecule has 1 rings (SSSR count). The molecule has 1 saturated carbocycles. The number of aliphatic carboxylic acids is 2. The molecule has 0 radical (unpaired) electrons. The highest BCUT2D eigenvalue weighted by molar-refractivity contribution is 5.80. The molecular weight excluding hydrogens is 210 g/mol. The van der Waals surface area contributed by atoms with Gasteiger partial charge in [0.15, 0.2) is 0 Å². The van der Waals surface area contributed by atoms with Gasteiger partial charge in [0, 0.05) is 0 Å². The molecule has 0 heterocycles. The molecule has 0 bridgehead atoms. The van der Waals surface area contributed by atoms with Crippen molar-refractivity contribution >= 4 is 11.9 Å². The molecule has 1 aliphatic carbocycles. The summed E-state index contributed by atoms with van der Waals surface area (Å²) in [5, 5.41) is 20.2. The van der Waals surface area contributed by atoms with Crippen LogP contribution in [0.3, 0.4) is 0 Å². The lowest BCUT2D eigenvalue weighted by Gasteiger charge is -2.23. The third-order valence-electron chi connectivity index (χ3n) is 3.05. The van der Waals surface area contributed by atoms with Gasteiger partial charge in [-0.25, -0.2) is 0 Å². The Balaban J connectivity index is 2.30. The van der Waals surface area contributed by atoms with E-state index in [4.69, 9.17) is 10.2 Å². The largest absolute Gasteiger partial charge is 0.481 e. The van der Waals surface area contributed by atoms with Crippen molar-refractivity contribution in [1.29, 1.82) is 0 Å². The zero-order chi connectivity index (χ0) is 12.0. The van der Waals surface area contributed by atoms with Crippen LogP contribution in [0.2, 0.25) is 0 Å². The lowest BCUT2D eigenvalue weighted by atomic mass is 9.89. The van der Waals surface area contributed by atoms with E-state index in [9.17, 15) is 9.59 Å². The van der Waals surface area contributed by atoms with E-state index in [1.165, 1.54) is 19.3 Å². The second kappa shape index (κ2) is 6.48. The van der Waals surface area contributed by atoms with Gasteiger partial charge in [-0.05, 0) is 25.3 Å². The topological polar surface area (TPSA) is 86.6 Å². The Morgan fingerprint density at radius 1 is 1.19 bits per heavy atom. The number of carboxylic acid groups (broad SMARTS) is 2. The van der Waals surface area contributed by atoms with Crippen LogP contribution >= 0.6 is 0 Å². The maximum Gasteiger partial charge on any atom is 0.321 e. The van der Waals surface area contributed by atoms with Crippen LogP contribution in [0.5, 0.6) is 0 Å². The molecule has 1 fully saturated rings. The summed E-state index contributed by atoms with van der Waals surface area (Å²) in [5.41, 5.74) is 0. The zero-order valence-corrected chi connectivity index (χ0v) is 9.32. The van der Waals surface area contributed by atoms with Crippen molar-refractivity contribution < 1.29 is 19.8 Å². The molecule has 1 atom stereocenters. The number of carboxylic acids is 2. The summed E-state index contributed by atoms with van der Waals surface area (Å²) in [7, 11) is 0. The van der Waals surface area contributed by atoms with Crippen LogP contribution in [-0.2, 0) is 9.59 Å². The van der Waals surface area contributed by atoms with Crippen LogP contribution in [0, 0.1) is 5.92 Å². The van der Waals surface area contributed by atoms with Crippen molar-refractivity contribution in [2.24, 2.45) is 5.92 Å². The first-order valence-electron chi connectivity index (χ1n) is 5.77. The van der Waals surface area contributed by atoms with Crippen LogP contribution < -0.4 is 5.32 Å². The summed E-state index contributed by atoms with van der Waals surface area (Å²) in [4.78, 5) is 21.2. The SMILES string of the molecule is O=C(O)C[C@H](NCC1CCCCC1)C(=O)O. The van der Waals surface area contributed by atoms with Crippen molar-refractivity contribution in [3.8, 4) is 0 Å². The van der Waals surface area contributed by atoms with Crippen LogP contribution in [0.25, 0.3) is 0 Å². The predicted molar refractivity (Wildman–Crippen MR) is 58.3 cm³/mol. The van der Waals surface area contributed by atoms with Crippen LogP contribution in [0.1, 0.15) is 38.5 Å². The van der Waals surface area contributed by atoms with E-state index >= 15 is 0 Å². The minimum atomic E-state index is -1.08. The summed E-state index contributed by atoms with van der Waals surface area (Å²) < 4.78 is 0. The summed E-state index contributed by atoms with van der Waals surface area (Å²) in [5.74, 6) is -1.66. The second-order valence-electron chi connectivity index (χ2n) is 4.40. The van der Waals surface area contributed by atoms with Crippen LogP contribution in [0.15, 0.2) is 0 Å². The average Bonchev–Trinajstić information content (AvgIpc) is 2.25. The molecule has 0 aliphatic heterocycles. The fraction of sp³-hybridized carbons (Fsp3) is 0.818. The van der Waals surface area contributed by atoms with E-state index in [-0.39, 0.29) is 6.42 Å². The van der Waals surface area contributed by atoms with Gasteiger partial charge in [-0.3, -0.25) is 9.59 Å². The molecule has 16 heavy (non-hydrogen) atoms. The van der Waals surface area contributed by atoms with E-state index < -0.39 is 18.0 Å². The van der Waals surface area contributed by atoms with Gasteiger partial charge in [0.05, 0.1) is 6.42 Å². The normalized spacial score (nSPS) is 19.2. The minimum Gasteiger partial charge on any atom is -0.481 e. The molecule has 5 heteroatoms. The number of nitrogens with one attached hydrogen (secondary N) is 1. The smallest absolute Gasteiger partial charge is 0.321 e. The van der Waals surface area contributed by atoms with Gasteiger partial charge in [-0.1, -0.05) is 19.3 Å². The van der Waals surface area contributed by atoms with Crippen molar-refractivity contribution in [3.05, 3.63) is 0 Å². The molecule has 0 unspecified atom stereocenters. The molecular formula is C11H19NO4. The standard InChI is InChI=1S/C11H19NO4/c13-10(14)6-9(11(15)16)12-7-8-4-2-1-3-5-8/h8-9,12H,1-7H2,(H,13,14)(H,15,16)/t9-/m0/s1. The second-order valence-corrected chi connectivity index (χ2v) is 4.40. The lowest BCUT2D eigenvalue weighted by molar-refractivity contribution is -0.146. The maximum atomic E-state index is 10.8. The fourth-order valence-corrected chi connectivity index (χ4v) is 2.12. The minimum absolute atomic E-state index is 0.359. The zero-order valence-electron chi connectivity index (χ0n) is 9.32. The molecule has 0 aromatic carbocycles.